The van der Waals surface area contributed by atoms with E-state index in [1.54, 1.807) is 0 Å². The molecule has 1 fully saturated rings. The number of ether oxygens (including phenoxy) is 2. The molecule has 10 N–H and O–H groups in total. The summed E-state index contributed by atoms with van der Waals surface area (Å²) in [5, 5.41) is 25.6. The average molecular weight is 321 g/mol. The molecule has 1 saturated heterocycles. The largest absolute Gasteiger partial charge is 0.388 e. The van der Waals surface area contributed by atoms with E-state index in [4.69, 9.17) is 26.7 Å². The minimum atomic E-state index is -1.26. The minimum absolute atomic E-state index is 0.0149. The van der Waals surface area contributed by atoms with Crippen molar-refractivity contribution in [2.24, 2.45) is 17.2 Å². The van der Waals surface area contributed by atoms with Gasteiger partial charge in [-0.25, -0.2) is 0 Å². The van der Waals surface area contributed by atoms with Crippen LogP contribution in [0.1, 0.15) is 0 Å². The van der Waals surface area contributed by atoms with Crippen molar-refractivity contribution >= 4 is 5.91 Å². The molecule has 0 spiro atoms. The second-order valence-electron chi connectivity index (χ2n) is 4.97. The molecule has 1 amide bonds. The van der Waals surface area contributed by atoms with Gasteiger partial charge < -0.3 is 47.5 Å². The summed E-state index contributed by atoms with van der Waals surface area (Å²) in [4.78, 5) is 11.5. The molecular formula is C12H27N5O5. The van der Waals surface area contributed by atoms with Crippen LogP contribution in [-0.4, -0.2) is 86.1 Å². The maximum Gasteiger partial charge on any atom is 0.234 e. The zero-order valence-corrected chi connectivity index (χ0v) is 12.5. The van der Waals surface area contributed by atoms with E-state index in [0.29, 0.717) is 19.6 Å². The number of nitrogens with two attached hydrogens (primary N) is 3. The van der Waals surface area contributed by atoms with Gasteiger partial charge in [0.25, 0.3) is 0 Å². The van der Waals surface area contributed by atoms with Crippen LogP contribution in [-0.2, 0) is 14.3 Å². The van der Waals surface area contributed by atoms with Gasteiger partial charge in [-0.05, 0) is 0 Å². The van der Waals surface area contributed by atoms with E-state index in [0.717, 1.165) is 0 Å². The summed E-state index contributed by atoms with van der Waals surface area (Å²) < 4.78 is 11.0. The number of amides is 1. The second kappa shape index (κ2) is 10.0. The van der Waals surface area contributed by atoms with Crippen LogP contribution in [0.3, 0.4) is 0 Å². The maximum absolute atomic E-state index is 11.5. The lowest BCUT2D eigenvalue weighted by Crippen LogP contribution is -2.65. The predicted octanol–water partition coefficient (Wildman–Crippen LogP) is -4.60. The van der Waals surface area contributed by atoms with E-state index < -0.39 is 36.6 Å². The van der Waals surface area contributed by atoms with Crippen LogP contribution in [0.2, 0.25) is 0 Å². The molecule has 1 aliphatic heterocycles. The van der Waals surface area contributed by atoms with Crippen LogP contribution in [0.15, 0.2) is 0 Å². The number of hydrogen-bond donors (Lipinski definition) is 7. The zero-order chi connectivity index (χ0) is 16.5. The Hall–Kier alpha value is -0.850. The van der Waals surface area contributed by atoms with Gasteiger partial charge in [-0.3, -0.25) is 4.79 Å². The monoisotopic (exact) mass is 321 g/mol. The number of carbonyl (C=O) groups is 1. The van der Waals surface area contributed by atoms with Gasteiger partial charge in [0.1, 0.15) is 24.4 Å². The summed E-state index contributed by atoms with van der Waals surface area (Å²) in [7, 11) is 0. The van der Waals surface area contributed by atoms with Crippen LogP contribution >= 0.6 is 0 Å². The number of hydrogen-bond acceptors (Lipinski definition) is 9. The molecule has 0 bridgehead atoms. The average Bonchev–Trinajstić information content (AvgIpc) is 2.53. The number of aliphatic hydroxyl groups is 2. The molecule has 0 unspecified atom stereocenters. The van der Waals surface area contributed by atoms with Gasteiger partial charge in [-0.1, -0.05) is 0 Å². The van der Waals surface area contributed by atoms with Gasteiger partial charge >= 0.3 is 0 Å². The molecular weight excluding hydrogens is 294 g/mol. The summed E-state index contributed by atoms with van der Waals surface area (Å²) in [6.45, 7) is 1.73. The lowest BCUT2D eigenvalue weighted by Gasteiger charge is -2.42. The SMILES string of the molecule is NCCNCCO[C@H]1O[C@H](CN)[C@@H](O)[C@H](O)[C@H]1NC(=O)CN. The number of rotatable bonds is 9. The Morgan fingerprint density at radius 1 is 1.18 bits per heavy atom. The number of aliphatic hydroxyl groups excluding tert-OH is 2. The Bertz CT molecular complexity index is 335. The summed E-state index contributed by atoms with van der Waals surface area (Å²) in [6.07, 6.45) is -4.19. The molecule has 0 radical (unpaired) electrons. The van der Waals surface area contributed by atoms with Crippen molar-refractivity contribution in [2.45, 2.75) is 30.6 Å². The first kappa shape index (κ1) is 19.2. The second-order valence-corrected chi connectivity index (χ2v) is 4.97. The van der Waals surface area contributed by atoms with E-state index in [9.17, 15) is 15.0 Å². The number of nitrogens with one attached hydrogen (secondary N) is 2. The summed E-state index contributed by atoms with van der Waals surface area (Å²) in [6, 6.07) is -0.927. The van der Waals surface area contributed by atoms with Crippen molar-refractivity contribution in [1.82, 2.24) is 10.6 Å². The van der Waals surface area contributed by atoms with Crippen molar-refractivity contribution < 1.29 is 24.5 Å². The zero-order valence-electron chi connectivity index (χ0n) is 12.5. The van der Waals surface area contributed by atoms with Gasteiger partial charge in [-0.15, -0.1) is 0 Å². The molecule has 10 heteroatoms. The Balaban J connectivity index is 2.62. The predicted molar refractivity (Wildman–Crippen MR) is 78.6 cm³/mol. The van der Waals surface area contributed by atoms with Gasteiger partial charge in [-0.2, -0.15) is 0 Å². The van der Waals surface area contributed by atoms with Crippen LogP contribution in [0.5, 0.6) is 0 Å². The summed E-state index contributed by atoms with van der Waals surface area (Å²) in [5.74, 6) is -0.485. The van der Waals surface area contributed by atoms with Crippen LogP contribution < -0.4 is 27.8 Å². The molecule has 22 heavy (non-hydrogen) atoms. The van der Waals surface area contributed by atoms with Gasteiger partial charge in [0.15, 0.2) is 6.29 Å². The first-order valence-corrected chi connectivity index (χ1v) is 7.28. The fourth-order valence-corrected chi connectivity index (χ4v) is 2.14. The third-order valence-electron chi connectivity index (χ3n) is 3.33. The van der Waals surface area contributed by atoms with E-state index in [2.05, 4.69) is 10.6 Å². The van der Waals surface area contributed by atoms with E-state index >= 15 is 0 Å². The van der Waals surface area contributed by atoms with Gasteiger partial charge in [0, 0.05) is 26.2 Å². The minimum Gasteiger partial charge on any atom is -0.388 e. The van der Waals surface area contributed by atoms with Crippen molar-refractivity contribution in [3.63, 3.8) is 0 Å². The lowest BCUT2D eigenvalue weighted by atomic mass is 9.96. The quantitative estimate of drug-likeness (QED) is 0.206. The maximum atomic E-state index is 11.5. The smallest absolute Gasteiger partial charge is 0.234 e. The van der Waals surface area contributed by atoms with E-state index in [1.165, 1.54) is 0 Å². The highest BCUT2D eigenvalue weighted by Crippen LogP contribution is 2.21. The molecule has 0 aromatic heterocycles. The molecule has 1 heterocycles. The Morgan fingerprint density at radius 3 is 2.50 bits per heavy atom. The molecule has 0 aromatic carbocycles. The van der Waals surface area contributed by atoms with E-state index in [1.807, 2.05) is 0 Å². The molecule has 1 rings (SSSR count). The summed E-state index contributed by atoms with van der Waals surface area (Å²) >= 11 is 0. The highest BCUT2D eigenvalue weighted by atomic mass is 16.7. The molecule has 0 aromatic rings. The standard InChI is InChI=1S/C12H27N5O5/c13-1-2-16-3-4-21-12-9(17-8(18)6-15)11(20)10(19)7(5-14)22-12/h7,9-12,16,19-20H,1-6,13-15H2,(H,17,18)/t7-,9-,10-,11-,12+/m1/s1. The molecule has 10 nitrogen and oxygen atoms in total. The third-order valence-corrected chi connectivity index (χ3v) is 3.33. The summed E-state index contributed by atoms with van der Waals surface area (Å²) in [5.41, 5.74) is 16.1. The van der Waals surface area contributed by atoms with Gasteiger partial charge in [0.05, 0.1) is 13.2 Å². The molecule has 1 aliphatic rings. The fourth-order valence-electron chi connectivity index (χ4n) is 2.14. The van der Waals surface area contributed by atoms with Crippen LogP contribution in [0, 0.1) is 0 Å². The Morgan fingerprint density at radius 2 is 1.91 bits per heavy atom. The first-order chi connectivity index (χ1) is 10.5. The van der Waals surface area contributed by atoms with Crippen LogP contribution in [0.4, 0.5) is 0 Å². The fraction of sp³-hybridized carbons (Fsp3) is 0.917. The highest BCUT2D eigenvalue weighted by Gasteiger charge is 2.45. The first-order valence-electron chi connectivity index (χ1n) is 7.28. The van der Waals surface area contributed by atoms with Gasteiger partial charge in [0.2, 0.25) is 5.91 Å². The molecule has 0 saturated carbocycles. The normalized spacial score (nSPS) is 32.0. The third kappa shape index (κ3) is 5.41. The molecule has 5 atom stereocenters. The van der Waals surface area contributed by atoms with E-state index in [-0.39, 0.29) is 19.7 Å². The van der Waals surface area contributed by atoms with Crippen molar-refractivity contribution in [3.05, 3.63) is 0 Å². The molecule has 130 valence electrons. The highest BCUT2D eigenvalue weighted by molar-refractivity contribution is 5.78. The van der Waals surface area contributed by atoms with Crippen molar-refractivity contribution in [1.29, 1.82) is 0 Å². The van der Waals surface area contributed by atoms with Crippen molar-refractivity contribution in [2.75, 3.05) is 39.3 Å². The van der Waals surface area contributed by atoms with Crippen LogP contribution in [0.25, 0.3) is 0 Å². The topological polar surface area (TPSA) is 178 Å². The van der Waals surface area contributed by atoms with Crippen molar-refractivity contribution in [3.8, 4) is 0 Å². The Kier molecular flexibility index (Phi) is 8.75. The molecule has 0 aliphatic carbocycles. The Labute approximate surface area is 129 Å². The lowest BCUT2D eigenvalue weighted by molar-refractivity contribution is -0.261. The number of carbonyl (C=O) groups excluding carboxylic acids is 1.